The van der Waals surface area contributed by atoms with E-state index in [1.54, 1.807) is 25.6 Å². The first-order chi connectivity index (χ1) is 9.25. The highest BCUT2D eigenvalue weighted by molar-refractivity contribution is 7.89. The smallest absolute Gasteiger partial charge is 0.246 e. The number of primary amides is 1. The van der Waals surface area contributed by atoms with Gasteiger partial charge < -0.3 is 5.73 Å². The molecule has 0 bridgehead atoms. The normalized spacial score (nSPS) is 18.4. The molecule has 1 saturated heterocycles. The number of hydrogen-bond acceptors (Lipinski definition) is 4. The summed E-state index contributed by atoms with van der Waals surface area (Å²) >= 11 is 0. The Labute approximate surface area is 118 Å². The molecule has 1 aromatic heterocycles. The molecule has 20 heavy (non-hydrogen) atoms. The van der Waals surface area contributed by atoms with E-state index in [1.165, 1.54) is 4.31 Å². The van der Waals surface area contributed by atoms with Gasteiger partial charge in [-0.3, -0.25) is 9.48 Å². The zero-order valence-corrected chi connectivity index (χ0v) is 12.8. The van der Waals surface area contributed by atoms with Crippen molar-refractivity contribution >= 4 is 15.9 Å². The fraction of sp³-hybridized carbons (Fsp3) is 0.667. The van der Waals surface area contributed by atoms with Gasteiger partial charge in [-0.15, -0.1) is 0 Å². The van der Waals surface area contributed by atoms with E-state index in [-0.39, 0.29) is 16.7 Å². The lowest BCUT2D eigenvalue weighted by atomic mass is 9.98. The molecule has 1 aliphatic rings. The molecule has 2 N–H and O–H groups in total. The number of rotatable bonds is 3. The molecule has 0 unspecified atom stereocenters. The van der Waals surface area contributed by atoms with Crippen LogP contribution in [-0.2, 0) is 21.9 Å². The van der Waals surface area contributed by atoms with Gasteiger partial charge in [-0.25, -0.2) is 8.42 Å². The van der Waals surface area contributed by atoms with Crippen LogP contribution in [0.4, 0.5) is 0 Å². The van der Waals surface area contributed by atoms with Crippen LogP contribution in [0.5, 0.6) is 0 Å². The third kappa shape index (κ3) is 2.45. The summed E-state index contributed by atoms with van der Waals surface area (Å²) in [6.45, 7) is 4.08. The topological polar surface area (TPSA) is 98.3 Å². The van der Waals surface area contributed by atoms with Crippen molar-refractivity contribution < 1.29 is 13.2 Å². The lowest BCUT2D eigenvalue weighted by molar-refractivity contribution is -0.122. The van der Waals surface area contributed by atoms with E-state index in [4.69, 9.17) is 5.73 Å². The van der Waals surface area contributed by atoms with Gasteiger partial charge in [0.05, 0.1) is 11.4 Å². The molecule has 0 radical (unpaired) electrons. The van der Waals surface area contributed by atoms with Crippen LogP contribution in [0, 0.1) is 19.8 Å². The first-order valence-corrected chi connectivity index (χ1v) is 7.98. The molecular weight excluding hydrogens is 280 g/mol. The number of carbonyl (C=O) groups excluding carboxylic acids is 1. The largest absolute Gasteiger partial charge is 0.369 e. The van der Waals surface area contributed by atoms with Crippen LogP contribution in [0.2, 0.25) is 0 Å². The molecule has 1 aliphatic heterocycles. The Morgan fingerprint density at radius 1 is 1.30 bits per heavy atom. The van der Waals surface area contributed by atoms with Crippen LogP contribution in [0.15, 0.2) is 4.90 Å². The number of nitrogens with two attached hydrogens (primary N) is 1. The average molecular weight is 300 g/mol. The van der Waals surface area contributed by atoms with Gasteiger partial charge in [-0.05, 0) is 26.7 Å². The number of aryl methyl sites for hydroxylation is 2. The van der Waals surface area contributed by atoms with Gasteiger partial charge in [-0.2, -0.15) is 9.40 Å². The molecule has 7 nitrogen and oxygen atoms in total. The van der Waals surface area contributed by atoms with Crippen molar-refractivity contribution in [2.75, 3.05) is 13.1 Å². The zero-order valence-electron chi connectivity index (χ0n) is 12.0. The van der Waals surface area contributed by atoms with Gasteiger partial charge in [0.25, 0.3) is 0 Å². The van der Waals surface area contributed by atoms with E-state index in [9.17, 15) is 13.2 Å². The summed E-state index contributed by atoms with van der Waals surface area (Å²) in [6, 6.07) is 0. The monoisotopic (exact) mass is 300 g/mol. The molecule has 8 heteroatoms. The molecule has 0 aromatic carbocycles. The fourth-order valence-electron chi connectivity index (χ4n) is 2.64. The Morgan fingerprint density at radius 2 is 1.85 bits per heavy atom. The maximum atomic E-state index is 12.7. The van der Waals surface area contributed by atoms with E-state index < -0.39 is 10.0 Å². The first kappa shape index (κ1) is 15.0. The van der Waals surface area contributed by atoms with Gasteiger partial charge >= 0.3 is 0 Å². The minimum absolute atomic E-state index is 0.224. The summed E-state index contributed by atoms with van der Waals surface area (Å²) in [6.07, 6.45) is 0.958. The third-order valence-electron chi connectivity index (χ3n) is 3.90. The number of carbonyl (C=O) groups is 1. The molecule has 1 fully saturated rings. The number of hydrogen-bond donors (Lipinski definition) is 1. The van der Waals surface area contributed by atoms with Crippen LogP contribution in [0.3, 0.4) is 0 Å². The Bertz CT molecular complexity index is 627. The highest BCUT2D eigenvalue weighted by Crippen LogP contribution is 2.27. The lowest BCUT2D eigenvalue weighted by Gasteiger charge is -2.29. The molecule has 0 spiro atoms. The molecular formula is C12H20N4O3S. The average Bonchev–Trinajstić information content (AvgIpc) is 2.63. The first-order valence-electron chi connectivity index (χ1n) is 6.54. The van der Waals surface area contributed by atoms with Gasteiger partial charge in [0.1, 0.15) is 4.90 Å². The van der Waals surface area contributed by atoms with Crippen molar-refractivity contribution in [3.05, 3.63) is 11.4 Å². The van der Waals surface area contributed by atoms with Gasteiger partial charge in [-0.1, -0.05) is 0 Å². The van der Waals surface area contributed by atoms with Crippen LogP contribution in [-0.4, -0.2) is 41.5 Å². The quantitative estimate of drug-likeness (QED) is 0.844. The molecule has 2 rings (SSSR count). The van der Waals surface area contributed by atoms with Crippen molar-refractivity contribution in [3.8, 4) is 0 Å². The minimum Gasteiger partial charge on any atom is -0.369 e. The second-order valence-corrected chi connectivity index (χ2v) is 7.08. The van der Waals surface area contributed by atoms with Crippen LogP contribution in [0.1, 0.15) is 24.2 Å². The van der Waals surface area contributed by atoms with E-state index in [1.807, 2.05) is 0 Å². The van der Waals surface area contributed by atoms with Crippen molar-refractivity contribution in [1.82, 2.24) is 14.1 Å². The summed E-state index contributed by atoms with van der Waals surface area (Å²) in [5.41, 5.74) is 6.39. The van der Waals surface area contributed by atoms with E-state index in [0.29, 0.717) is 37.3 Å². The summed E-state index contributed by atoms with van der Waals surface area (Å²) < 4.78 is 28.3. The summed E-state index contributed by atoms with van der Waals surface area (Å²) in [7, 11) is -1.83. The maximum Gasteiger partial charge on any atom is 0.246 e. The van der Waals surface area contributed by atoms with Crippen molar-refractivity contribution in [2.45, 2.75) is 31.6 Å². The van der Waals surface area contributed by atoms with Crippen molar-refractivity contribution in [1.29, 1.82) is 0 Å². The number of sulfonamides is 1. The Balaban J connectivity index is 2.26. The van der Waals surface area contributed by atoms with Crippen LogP contribution in [0.25, 0.3) is 0 Å². The Kier molecular flexibility index (Phi) is 3.88. The minimum atomic E-state index is -3.55. The molecule has 1 aromatic rings. The molecule has 0 saturated carbocycles. The highest BCUT2D eigenvalue weighted by Gasteiger charge is 2.34. The lowest BCUT2D eigenvalue weighted by Crippen LogP contribution is -2.41. The number of piperidine rings is 1. The standard InChI is InChI=1S/C12H20N4O3S/c1-8-11(9(2)15(3)14-8)20(18,19)16-6-4-10(5-7-16)12(13)17/h10H,4-7H2,1-3H3,(H2,13,17). The maximum absolute atomic E-state index is 12.7. The fourth-order valence-corrected chi connectivity index (χ4v) is 4.51. The Hall–Kier alpha value is -1.41. The molecule has 1 amide bonds. The second kappa shape index (κ2) is 5.17. The second-order valence-electron chi connectivity index (χ2n) is 5.20. The summed E-state index contributed by atoms with van der Waals surface area (Å²) in [4.78, 5) is 11.4. The zero-order chi connectivity index (χ0) is 15.1. The molecule has 0 atom stereocenters. The van der Waals surface area contributed by atoms with Gasteiger partial charge in [0, 0.05) is 26.1 Å². The predicted octanol–water partition coefficient (Wildman–Crippen LogP) is -0.0771. The van der Waals surface area contributed by atoms with Gasteiger partial charge in [0.15, 0.2) is 0 Å². The van der Waals surface area contributed by atoms with E-state index >= 15 is 0 Å². The molecule has 2 heterocycles. The SMILES string of the molecule is Cc1nn(C)c(C)c1S(=O)(=O)N1CCC(C(N)=O)CC1. The number of nitrogens with zero attached hydrogens (tertiary/aromatic N) is 3. The highest BCUT2D eigenvalue weighted by atomic mass is 32.2. The number of amides is 1. The van der Waals surface area contributed by atoms with Crippen LogP contribution < -0.4 is 5.73 Å². The van der Waals surface area contributed by atoms with E-state index in [0.717, 1.165) is 0 Å². The van der Waals surface area contributed by atoms with Crippen molar-refractivity contribution in [3.63, 3.8) is 0 Å². The predicted molar refractivity (Wildman–Crippen MR) is 73.4 cm³/mol. The molecule has 112 valence electrons. The van der Waals surface area contributed by atoms with Crippen LogP contribution >= 0.6 is 0 Å². The van der Waals surface area contributed by atoms with Gasteiger partial charge in [0.2, 0.25) is 15.9 Å². The van der Waals surface area contributed by atoms with Crippen molar-refractivity contribution in [2.24, 2.45) is 18.7 Å². The molecule has 0 aliphatic carbocycles. The summed E-state index contributed by atoms with van der Waals surface area (Å²) in [5, 5.41) is 4.15. The third-order valence-corrected chi connectivity index (χ3v) is 6.05. The number of aromatic nitrogens is 2. The summed E-state index contributed by atoms with van der Waals surface area (Å²) in [5.74, 6) is -0.576. The Morgan fingerprint density at radius 3 is 2.25 bits per heavy atom. The van der Waals surface area contributed by atoms with E-state index in [2.05, 4.69) is 5.10 Å².